The Kier molecular flexibility index (Phi) is 4.14. The summed E-state index contributed by atoms with van der Waals surface area (Å²) in [5.41, 5.74) is 5.06. The predicted molar refractivity (Wildman–Crippen MR) is 106 cm³/mol. The van der Waals surface area contributed by atoms with E-state index in [0.29, 0.717) is 25.4 Å². The second kappa shape index (κ2) is 6.66. The number of hydrogen-bond donors (Lipinski definition) is 1. The van der Waals surface area contributed by atoms with Gasteiger partial charge in [0.05, 0.1) is 18.9 Å². The molecule has 0 radical (unpaired) electrons. The van der Waals surface area contributed by atoms with Gasteiger partial charge in [-0.15, -0.1) is 0 Å². The highest BCUT2D eigenvalue weighted by Crippen LogP contribution is 2.38. The highest BCUT2D eigenvalue weighted by atomic mass is 19.1. The van der Waals surface area contributed by atoms with Gasteiger partial charge in [-0.25, -0.2) is 4.39 Å². The standard InChI is InChI=1S/C22H24FN3O/c1-25-13-18(15-2-4-20-16(12-15)6-7-24-20)17-3-5-21(22(23)19(17)14-25)26-8-10-27-11-9-26/h2-7,12,18,24H,8-11,13-14H2,1H3. The molecule has 1 aromatic heterocycles. The van der Waals surface area contributed by atoms with Gasteiger partial charge in [-0.2, -0.15) is 0 Å². The molecule has 2 aromatic carbocycles. The van der Waals surface area contributed by atoms with E-state index in [9.17, 15) is 0 Å². The molecular weight excluding hydrogens is 341 g/mol. The monoisotopic (exact) mass is 365 g/mol. The molecule has 3 heterocycles. The third kappa shape index (κ3) is 2.91. The van der Waals surface area contributed by atoms with Crippen molar-refractivity contribution >= 4 is 16.6 Å². The molecule has 1 atom stereocenters. The summed E-state index contributed by atoms with van der Waals surface area (Å²) in [6.07, 6.45) is 1.96. The van der Waals surface area contributed by atoms with Crippen LogP contribution in [0.2, 0.25) is 0 Å². The molecule has 5 rings (SSSR count). The number of morpholine rings is 1. The van der Waals surface area contributed by atoms with Crippen molar-refractivity contribution < 1.29 is 9.13 Å². The molecule has 0 spiro atoms. The summed E-state index contributed by atoms with van der Waals surface area (Å²) >= 11 is 0. The van der Waals surface area contributed by atoms with Crippen molar-refractivity contribution in [2.45, 2.75) is 12.5 Å². The van der Waals surface area contributed by atoms with E-state index >= 15 is 4.39 Å². The number of ether oxygens (including phenoxy) is 1. The quantitative estimate of drug-likeness (QED) is 0.751. The van der Waals surface area contributed by atoms with Gasteiger partial charge in [0.2, 0.25) is 0 Å². The van der Waals surface area contributed by atoms with E-state index in [0.717, 1.165) is 36.3 Å². The average Bonchev–Trinajstić information content (AvgIpc) is 3.17. The lowest BCUT2D eigenvalue weighted by Gasteiger charge is -2.35. The van der Waals surface area contributed by atoms with Crippen LogP contribution in [-0.4, -0.2) is 49.8 Å². The Hall–Kier alpha value is -2.37. The van der Waals surface area contributed by atoms with Gasteiger partial charge in [0.25, 0.3) is 0 Å². The number of nitrogens with zero attached hydrogens (tertiary/aromatic N) is 2. The van der Waals surface area contributed by atoms with Crippen LogP contribution in [-0.2, 0) is 11.3 Å². The summed E-state index contributed by atoms with van der Waals surface area (Å²) in [5, 5.41) is 1.20. The van der Waals surface area contributed by atoms with Crippen molar-refractivity contribution in [3.05, 3.63) is 65.1 Å². The van der Waals surface area contributed by atoms with Gasteiger partial charge in [-0.3, -0.25) is 0 Å². The third-order valence-electron chi connectivity index (χ3n) is 5.89. The summed E-state index contributed by atoms with van der Waals surface area (Å²) in [7, 11) is 2.08. The van der Waals surface area contributed by atoms with Crippen LogP contribution in [0, 0.1) is 5.82 Å². The number of benzene rings is 2. The zero-order chi connectivity index (χ0) is 18.4. The second-order valence-electron chi connectivity index (χ2n) is 7.64. The lowest BCUT2D eigenvalue weighted by atomic mass is 9.84. The first-order valence-corrected chi connectivity index (χ1v) is 9.60. The van der Waals surface area contributed by atoms with Crippen LogP contribution in [0.5, 0.6) is 0 Å². The maximum absolute atomic E-state index is 15.5. The first-order valence-electron chi connectivity index (χ1n) is 9.60. The zero-order valence-electron chi connectivity index (χ0n) is 15.5. The molecular formula is C22H24FN3O. The number of likely N-dealkylation sites (N-methyl/N-ethyl adjacent to an activating group) is 1. The summed E-state index contributed by atoms with van der Waals surface area (Å²) in [4.78, 5) is 7.57. The fourth-order valence-electron chi connectivity index (χ4n) is 4.48. The molecule has 1 saturated heterocycles. The molecule has 0 bridgehead atoms. The van der Waals surface area contributed by atoms with E-state index < -0.39 is 0 Å². The molecule has 2 aliphatic rings. The van der Waals surface area contributed by atoms with E-state index in [1.54, 1.807) is 0 Å². The Labute approximate surface area is 158 Å². The van der Waals surface area contributed by atoms with Crippen LogP contribution >= 0.6 is 0 Å². The number of hydrogen-bond acceptors (Lipinski definition) is 3. The van der Waals surface area contributed by atoms with Crippen molar-refractivity contribution in [1.29, 1.82) is 0 Å². The van der Waals surface area contributed by atoms with Crippen molar-refractivity contribution in [2.75, 3.05) is 44.8 Å². The van der Waals surface area contributed by atoms with Crippen LogP contribution < -0.4 is 4.90 Å². The van der Waals surface area contributed by atoms with Crippen molar-refractivity contribution in [2.24, 2.45) is 0 Å². The Morgan fingerprint density at radius 3 is 2.81 bits per heavy atom. The molecule has 2 aliphatic heterocycles. The van der Waals surface area contributed by atoms with E-state index in [1.165, 1.54) is 10.9 Å². The van der Waals surface area contributed by atoms with Crippen molar-refractivity contribution in [3.8, 4) is 0 Å². The first-order chi connectivity index (χ1) is 13.2. The smallest absolute Gasteiger partial charge is 0.151 e. The molecule has 5 heteroatoms. The number of aromatic amines is 1. The summed E-state index contributed by atoms with van der Waals surface area (Å²) in [5.74, 6) is 0.125. The van der Waals surface area contributed by atoms with Crippen LogP contribution in [0.4, 0.5) is 10.1 Å². The molecule has 1 N–H and O–H groups in total. The van der Waals surface area contributed by atoms with Gasteiger partial charge >= 0.3 is 0 Å². The molecule has 3 aromatic rings. The maximum Gasteiger partial charge on any atom is 0.151 e. The van der Waals surface area contributed by atoms with E-state index in [4.69, 9.17) is 4.74 Å². The fraction of sp³-hybridized carbons (Fsp3) is 0.364. The second-order valence-corrected chi connectivity index (χ2v) is 7.64. The van der Waals surface area contributed by atoms with Gasteiger partial charge in [0.15, 0.2) is 5.82 Å². The minimum Gasteiger partial charge on any atom is -0.378 e. The molecule has 0 amide bonds. The Morgan fingerprint density at radius 2 is 1.96 bits per heavy atom. The fourth-order valence-corrected chi connectivity index (χ4v) is 4.48. The Morgan fingerprint density at radius 1 is 1.11 bits per heavy atom. The highest BCUT2D eigenvalue weighted by Gasteiger charge is 2.29. The molecule has 4 nitrogen and oxygen atoms in total. The van der Waals surface area contributed by atoms with Gasteiger partial charge in [-0.05, 0) is 47.8 Å². The summed E-state index contributed by atoms with van der Waals surface area (Å²) in [6.45, 7) is 4.38. The zero-order valence-corrected chi connectivity index (χ0v) is 15.5. The molecule has 1 fully saturated rings. The minimum atomic E-state index is -0.0614. The first kappa shape index (κ1) is 16.8. The van der Waals surface area contributed by atoms with Crippen molar-refractivity contribution in [3.63, 3.8) is 0 Å². The van der Waals surface area contributed by atoms with Crippen molar-refractivity contribution in [1.82, 2.24) is 9.88 Å². The molecule has 1 unspecified atom stereocenters. The number of H-pyrrole nitrogens is 1. The van der Waals surface area contributed by atoms with Gasteiger partial charge in [0.1, 0.15) is 0 Å². The Balaban J connectivity index is 1.57. The normalized spacial score (nSPS) is 20.8. The van der Waals surface area contributed by atoms with E-state index in [1.807, 2.05) is 12.3 Å². The van der Waals surface area contributed by atoms with Crippen LogP contribution in [0.1, 0.15) is 22.6 Å². The molecule has 0 aliphatic carbocycles. The number of rotatable bonds is 2. The minimum absolute atomic E-state index is 0.0614. The van der Waals surface area contributed by atoms with Crippen LogP contribution in [0.15, 0.2) is 42.6 Å². The average molecular weight is 365 g/mol. The molecule has 27 heavy (non-hydrogen) atoms. The number of halogens is 1. The lowest BCUT2D eigenvalue weighted by Crippen LogP contribution is -2.38. The number of aromatic nitrogens is 1. The van der Waals surface area contributed by atoms with Crippen LogP contribution in [0.25, 0.3) is 10.9 Å². The van der Waals surface area contributed by atoms with Gasteiger partial charge < -0.3 is 19.5 Å². The molecule has 0 saturated carbocycles. The number of anilines is 1. The topological polar surface area (TPSA) is 31.5 Å². The van der Waals surface area contributed by atoms with Gasteiger partial charge in [0, 0.05) is 49.4 Å². The van der Waals surface area contributed by atoms with E-state index in [-0.39, 0.29) is 11.7 Å². The summed E-state index contributed by atoms with van der Waals surface area (Å²) in [6, 6.07) is 12.7. The number of fused-ring (bicyclic) bond motifs is 2. The lowest BCUT2D eigenvalue weighted by molar-refractivity contribution is 0.122. The van der Waals surface area contributed by atoms with Crippen LogP contribution in [0.3, 0.4) is 0 Å². The summed E-state index contributed by atoms with van der Waals surface area (Å²) < 4.78 is 20.9. The number of nitrogens with one attached hydrogen (secondary N) is 1. The largest absolute Gasteiger partial charge is 0.378 e. The van der Waals surface area contributed by atoms with E-state index in [2.05, 4.69) is 52.2 Å². The van der Waals surface area contributed by atoms with Gasteiger partial charge in [-0.1, -0.05) is 12.1 Å². The Bertz CT molecular complexity index is 977. The predicted octanol–water partition coefficient (Wildman–Crippen LogP) is 3.72. The maximum atomic E-state index is 15.5. The third-order valence-corrected chi connectivity index (χ3v) is 5.89. The molecule has 140 valence electrons. The SMILES string of the molecule is CN1Cc2c(ccc(N3CCOCC3)c2F)C(c2ccc3[nH]ccc3c2)C1. The highest BCUT2D eigenvalue weighted by molar-refractivity contribution is 5.80.